The van der Waals surface area contributed by atoms with Gasteiger partial charge in [-0.3, -0.25) is 9.69 Å². The van der Waals surface area contributed by atoms with Crippen LogP contribution in [0.4, 0.5) is 0 Å². The summed E-state index contributed by atoms with van der Waals surface area (Å²) in [6.45, 7) is 3.81. The molecule has 2 aliphatic heterocycles. The molecule has 0 spiro atoms. The van der Waals surface area contributed by atoms with Crippen molar-refractivity contribution in [2.45, 2.75) is 18.7 Å². The molecule has 144 valence electrons. The Labute approximate surface area is 168 Å². The largest absolute Gasteiger partial charge is 0.373 e. The van der Waals surface area contributed by atoms with E-state index in [1.54, 1.807) is 0 Å². The van der Waals surface area contributed by atoms with Crippen molar-refractivity contribution >= 4 is 28.4 Å². The molecule has 2 aliphatic rings. The number of amides is 1. The highest BCUT2D eigenvalue weighted by Gasteiger charge is 2.42. The van der Waals surface area contributed by atoms with Crippen molar-refractivity contribution in [3.63, 3.8) is 0 Å². The van der Waals surface area contributed by atoms with Crippen LogP contribution in [-0.4, -0.2) is 59.1 Å². The lowest BCUT2D eigenvalue weighted by Crippen LogP contribution is -2.50. The molecule has 0 bridgehead atoms. The van der Waals surface area contributed by atoms with Gasteiger partial charge in [-0.05, 0) is 23.8 Å². The van der Waals surface area contributed by atoms with Crippen molar-refractivity contribution in [2.75, 3.05) is 26.2 Å². The first-order chi connectivity index (χ1) is 13.7. The average molecular weight is 396 g/mol. The number of aromatic nitrogens is 1. The standard InChI is InChI=1S/C22H22ClN3O2/c23-17-7-6-16-10-19(24-18(16)11-17)22(27)26-13-20-21(14-26)28-9-8-25(20)12-15-4-2-1-3-5-15/h1-7,10-11,20-21,24H,8-9,12-14H2/t20-,21-/m1/s1. The van der Waals surface area contributed by atoms with Gasteiger partial charge in [0.15, 0.2) is 0 Å². The topological polar surface area (TPSA) is 48.6 Å². The normalized spacial score (nSPS) is 22.5. The smallest absolute Gasteiger partial charge is 0.270 e. The molecule has 2 atom stereocenters. The highest BCUT2D eigenvalue weighted by atomic mass is 35.5. The average Bonchev–Trinajstić information content (AvgIpc) is 3.32. The fourth-order valence-corrected chi connectivity index (χ4v) is 4.50. The molecular weight excluding hydrogens is 374 g/mol. The van der Waals surface area contributed by atoms with E-state index in [1.165, 1.54) is 5.56 Å². The number of morpholine rings is 1. The van der Waals surface area contributed by atoms with Crippen LogP contribution < -0.4 is 0 Å². The van der Waals surface area contributed by atoms with Gasteiger partial charge in [0.05, 0.1) is 18.8 Å². The van der Waals surface area contributed by atoms with Crippen LogP contribution in [0.5, 0.6) is 0 Å². The number of H-pyrrole nitrogens is 1. The highest BCUT2D eigenvalue weighted by Crippen LogP contribution is 2.27. The summed E-state index contributed by atoms with van der Waals surface area (Å²) < 4.78 is 6.00. The van der Waals surface area contributed by atoms with Crippen LogP contribution in [0, 0.1) is 0 Å². The Morgan fingerprint density at radius 1 is 1.14 bits per heavy atom. The summed E-state index contributed by atoms with van der Waals surface area (Å²) in [6.07, 6.45) is 0.0697. The molecule has 5 nitrogen and oxygen atoms in total. The van der Waals surface area contributed by atoms with Crippen LogP contribution in [0.2, 0.25) is 5.02 Å². The first-order valence-electron chi connectivity index (χ1n) is 9.64. The number of aromatic amines is 1. The third kappa shape index (κ3) is 3.30. The quantitative estimate of drug-likeness (QED) is 0.737. The second-order valence-electron chi connectivity index (χ2n) is 7.56. The first-order valence-corrected chi connectivity index (χ1v) is 10.0. The number of nitrogens with zero attached hydrogens (tertiary/aromatic N) is 2. The molecule has 28 heavy (non-hydrogen) atoms. The molecule has 6 heteroatoms. The van der Waals surface area contributed by atoms with Crippen LogP contribution >= 0.6 is 11.6 Å². The van der Waals surface area contributed by atoms with Crippen LogP contribution in [0.15, 0.2) is 54.6 Å². The van der Waals surface area contributed by atoms with E-state index in [1.807, 2.05) is 35.2 Å². The molecule has 1 N–H and O–H groups in total. The minimum atomic E-state index is 0.0185. The molecule has 3 aromatic rings. The van der Waals surface area contributed by atoms with Crippen LogP contribution in [0.1, 0.15) is 16.1 Å². The third-order valence-electron chi connectivity index (χ3n) is 5.75. The number of fused-ring (bicyclic) bond motifs is 2. The maximum atomic E-state index is 13.1. The van der Waals surface area contributed by atoms with Crippen LogP contribution in [0.3, 0.4) is 0 Å². The number of nitrogens with one attached hydrogen (secondary N) is 1. The van der Waals surface area contributed by atoms with Gasteiger partial charge in [0, 0.05) is 42.1 Å². The van der Waals surface area contributed by atoms with Crippen molar-refractivity contribution in [1.29, 1.82) is 0 Å². The van der Waals surface area contributed by atoms with E-state index in [0.29, 0.717) is 30.4 Å². The fraction of sp³-hybridized carbons (Fsp3) is 0.318. The fourth-order valence-electron chi connectivity index (χ4n) is 4.32. The summed E-state index contributed by atoms with van der Waals surface area (Å²) in [4.78, 5) is 20.7. The van der Waals surface area contributed by atoms with Gasteiger partial charge >= 0.3 is 0 Å². The van der Waals surface area contributed by atoms with Gasteiger partial charge in [-0.25, -0.2) is 0 Å². The molecule has 1 amide bonds. The minimum Gasteiger partial charge on any atom is -0.373 e. The summed E-state index contributed by atoms with van der Waals surface area (Å²) in [5.41, 5.74) is 2.78. The molecule has 3 heterocycles. The summed E-state index contributed by atoms with van der Waals surface area (Å²) in [6, 6.07) is 18.2. The van der Waals surface area contributed by atoms with E-state index in [4.69, 9.17) is 16.3 Å². The molecular formula is C22H22ClN3O2. The van der Waals surface area contributed by atoms with Crippen molar-refractivity contribution < 1.29 is 9.53 Å². The zero-order valence-corrected chi connectivity index (χ0v) is 16.2. The predicted molar refractivity (Wildman–Crippen MR) is 110 cm³/mol. The molecule has 2 saturated heterocycles. The molecule has 0 radical (unpaired) electrons. The molecule has 2 aromatic carbocycles. The molecule has 2 fully saturated rings. The van der Waals surface area contributed by atoms with Gasteiger partial charge in [0.2, 0.25) is 0 Å². The molecule has 0 unspecified atom stereocenters. The van der Waals surface area contributed by atoms with Crippen molar-refractivity contribution in [3.8, 4) is 0 Å². The lowest BCUT2D eigenvalue weighted by Gasteiger charge is -2.36. The van der Waals surface area contributed by atoms with Crippen LogP contribution in [0.25, 0.3) is 10.9 Å². The van der Waals surface area contributed by atoms with Gasteiger partial charge < -0.3 is 14.6 Å². The molecule has 0 saturated carbocycles. The summed E-state index contributed by atoms with van der Waals surface area (Å²) in [5.74, 6) is 0.0185. The van der Waals surface area contributed by atoms with E-state index < -0.39 is 0 Å². The molecule has 1 aromatic heterocycles. The molecule has 5 rings (SSSR count). The Morgan fingerprint density at radius 2 is 2.00 bits per heavy atom. The Hall–Kier alpha value is -2.34. The lowest BCUT2D eigenvalue weighted by molar-refractivity contribution is -0.0503. The third-order valence-corrected chi connectivity index (χ3v) is 5.98. The van der Waals surface area contributed by atoms with Crippen molar-refractivity contribution in [2.24, 2.45) is 0 Å². The Kier molecular flexibility index (Phi) is 4.59. The van der Waals surface area contributed by atoms with E-state index in [2.05, 4.69) is 34.1 Å². The number of carbonyl (C=O) groups excluding carboxylic acids is 1. The Bertz CT molecular complexity index is 1000. The monoisotopic (exact) mass is 395 g/mol. The van der Waals surface area contributed by atoms with Gasteiger partial charge in [-0.2, -0.15) is 0 Å². The SMILES string of the molecule is O=C(c1cc2ccc(Cl)cc2[nH]1)N1C[C@@H]2[C@@H](C1)OCCN2Cc1ccccc1. The number of likely N-dealkylation sites (tertiary alicyclic amines) is 1. The number of carbonyl (C=O) groups is 1. The minimum absolute atomic E-state index is 0.0185. The van der Waals surface area contributed by atoms with Gasteiger partial charge in [0.1, 0.15) is 5.69 Å². The van der Waals surface area contributed by atoms with Crippen LogP contribution in [-0.2, 0) is 11.3 Å². The number of benzene rings is 2. The predicted octanol–water partition coefficient (Wildman–Crippen LogP) is 3.55. The number of hydrogen-bond donors (Lipinski definition) is 1. The number of rotatable bonds is 3. The van der Waals surface area contributed by atoms with Gasteiger partial charge in [0.25, 0.3) is 5.91 Å². The number of ether oxygens (including phenoxy) is 1. The summed E-state index contributed by atoms with van der Waals surface area (Å²) in [5, 5.41) is 1.65. The maximum Gasteiger partial charge on any atom is 0.270 e. The summed E-state index contributed by atoms with van der Waals surface area (Å²) in [7, 11) is 0. The second-order valence-corrected chi connectivity index (χ2v) is 7.99. The van der Waals surface area contributed by atoms with Crippen molar-refractivity contribution in [1.82, 2.24) is 14.8 Å². The number of halogens is 1. The van der Waals surface area contributed by atoms with E-state index in [0.717, 1.165) is 24.0 Å². The zero-order valence-electron chi connectivity index (χ0n) is 15.5. The lowest BCUT2D eigenvalue weighted by atomic mass is 10.1. The van der Waals surface area contributed by atoms with E-state index in [9.17, 15) is 4.79 Å². The van der Waals surface area contributed by atoms with E-state index >= 15 is 0 Å². The highest BCUT2D eigenvalue weighted by molar-refractivity contribution is 6.31. The number of hydrogen-bond acceptors (Lipinski definition) is 3. The van der Waals surface area contributed by atoms with E-state index in [-0.39, 0.29) is 18.1 Å². The van der Waals surface area contributed by atoms with Gasteiger partial charge in [-0.1, -0.05) is 48.0 Å². The Balaban J connectivity index is 1.33. The maximum absolute atomic E-state index is 13.1. The molecule has 0 aliphatic carbocycles. The zero-order chi connectivity index (χ0) is 19.1. The van der Waals surface area contributed by atoms with Crippen molar-refractivity contribution in [3.05, 3.63) is 70.9 Å². The Morgan fingerprint density at radius 3 is 2.86 bits per heavy atom. The summed E-state index contributed by atoms with van der Waals surface area (Å²) >= 11 is 6.06. The van der Waals surface area contributed by atoms with Gasteiger partial charge in [-0.15, -0.1) is 0 Å². The first kappa shape index (κ1) is 17.7. The second kappa shape index (κ2) is 7.24.